The van der Waals surface area contributed by atoms with Gasteiger partial charge in [0.25, 0.3) is 5.69 Å². The fourth-order valence-corrected chi connectivity index (χ4v) is 1.44. The van der Waals surface area contributed by atoms with E-state index in [0.29, 0.717) is 0 Å². The largest absolute Gasteiger partial charge is 0.306 e. The molecule has 0 heterocycles. The molecule has 0 saturated carbocycles. The Kier molecular flexibility index (Phi) is 5.43. The second-order valence-electron chi connectivity index (χ2n) is 3.98. The fraction of sp³-hybridized carbons (Fsp3) is 0.273. The molecule has 0 fully saturated rings. The van der Waals surface area contributed by atoms with Crippen molar-refractivity contribution in [3.05, 3.63) is 38.4 Å². The summed E-state index contributed by atoms with van der Waals surface area (Å²) in [5.74, 6) is -0.179. The first-order valence-electron chi connectivity index (χ1n) is 5.76. The maximum Gasteiger partial charge on any atom is 0.301 e. The van der Waals surface area contributed by atoms with Crippen LogP contribution in [-0.2, 0) is 4.79 Å². The Morgan fingerprint density at radius 3 is 2.48 bits per heavy atom. The SMILES string of the molecule is CN[C@H](/C=N\Nc1ccc([N+](=O)[O-])cc1[N+](=O)[O-])C(C)=O. The summed E-state index contributed by atoms with van der Waals surface area (Å²) in [7, 11) is 1.56. The van der Waals surface area contributed by atoms with E-state index < -0.39 is 27.3 Å². The molecule has 1 rings (SSSR count). The van der Waals surface area contributed by atoms with E-state index in [2.05, 4.69) is 15.8 Å². The highest BCUT2D eigenvalue weighted by atomic mass is 16.6. The second kappa shape index (κ2) is 7.05. The first-order valence-corrected chi connectivity index (χ1v) is 5.76. The van der Waals surface area contributed by atoms with Gasteiger partial charge in [-0.05, 0) is 20.0 Å². The summed E-state index contributed by atoms with van der Waals surface area (Å²) in [6.07, 6.45) is 1.24. The topological polar surface area (TPSA) is 140 Å². The number of Topliss-reactive ketones (excluding diaryl/α,β-unsaturated/α-hetero) is 1. The van der Waals surface area contributed by atoms with Gasteiger partial charge in [-0.1, -0.05) is 0 Å². The molecule has 21 heavy (non-hydrogen) atoms. The van der Waals surface area contributed by atoms with Crippen molar-refractivity contribution in [3.63, 3.8) is 0 Å². The van der Waals surface area contributed by atoms with E-state index >= 15 is 0 Å². The van der Waals surface area contributed by atoms with E-state index in [4.69, 9.17) is 0 Å². The molecule has 0 aliphatic rings. The number of carbonyl (C=O) groups is 1. The molecule has 10 heteroatoms. The van der Waals surface area contributed by atoms with Gasteiger partial charge in [0.2, 0.25) is 0 Å². The van der Waals surface area contributed by atoms with E-state index in [1.807, 2.05) is 0 Å². The highest BCUT2D eigenvalue weighted by Gasteiger charge is 2.19. The molecule has 0 aliphatic carbocycles. The predicted molar refractivity (Wildman–Crippen MR) is 75.4 cm³/mol. The van der Waals surface area contributed by atoms with Gasteiger partial charge >= 0.3 is 5.69 Å². The Bertz CT molecular complexity index is 601. The summed E-state index contributed by atoms with van der Waals surface area (Å²) in [4.78, 5) is 31.1. The number of likely N-dealkylation sites (N-methyl/N-ethyl adjacent to an activating group) is 1. The molecule has 0 bridgehead atoms. The van der Waals surface area contributed by atoms with E-state index in [9.17, 15) is 25.0 Å². The van der Waals surface area contributed by atoms with Crippen molar-refractivity contribution in [2.45, 2.75) is 13.0 Å². The van der Waals surface area contributed by atoms with E-state index in [1.54, 1.807) is 7.05 Å². The van der Waals surface area contributed by atoms with Crippen molar-refractivity contribution in [2.24, 2.45) is 5.10 Å². The molecule has 0 spiro atoms. The van der Waals surface area contributed by atoms with Crippen molar-refractivity contribution in [1.29, 1.82) is 0 Å². The van der Waals surface area contributed by atoms with Gasteiger partial charge in [0.1, 0.15) is 11.7 Å². The van der Waals surface area contributed by atoms with E-state index in [-0.39, 0.29) is 11.5 Å². The van der Waals surface area contributed by atoms with Gasteiger partial charge in [-0.15, -0.1) is 0 Å². The molecule has 10 nitrogen and oxygen atoms in total. The quantitative estimate of drug-likeness (QED) is 0.435. The highest BCUT2D eigenvalue weighted by molar-refractivity contribution is 5.97. The lowest BCUT2D eigenvalue weighted by Gasteiger charge is -2.06. The number of hydrogen-bond acceptors (Lipinski definition) is 8. The monoisotopic (exact) mass is 295 g/mol. The van der Waals surface area contributed by atoms with Crippen LogP contribution in [0.3, 0.4) is 0 Å². The Balaban J connectivity index is 2.98. The van der Waals surface area contributed by atoms with Crippen LogP contribution in [0.4, 0.5) is 17.1 Å². The molecule has 0 radical (unpaired) electrons. The van der Waals surface area contributed by atoms with Gasteiger partial charge in [-0.2, -0.15) is 5.10 Å². The minimum Gasteiger partial charge on any atom is -0.306 e. The number of nitro groups is 2. The molecular formula is C11H13N5O5. The number of ketones is 1. The van der Waals surface area contributed by atoms with E-state index in [1.165, 1.54) is 19.2 Å². The fourth-order valence-electron chi connectivity index (χ4n) is 1.44. The van der Waals surface area contributed by atoms with Crippen LogP contribution in [0.5, 0.6) is 0 Å². The van der Waals surface area contributed by atoms with Crippen molar-refractivity contribution in [2.75, 3.05) is 12.5 Å². The lowest BCUT2D eigenvalue weighted by Crippen LogP contribution is -2.33. The van der Waals surface area contributed by atoms with Crippen LogP contribution in [-0.4, -0.2) is 34.9 Å². The number of nitrogens with zero attached hydrogens (tertiary/aromatic N) is 3. The predicted octanol–water partition coefficient (Wildman–Crippen LogP) is 1.08. The van der Waals surface area contributed by atoms with Gasteiger partial charge < -0.3 is 5.32 Å². The smallest absolute Gasteiger partial charge is 0.301 e. The first kappa shape index (κ1) is 16.2. The number of carbonyl (C=O) groups excluding carboxylic acids is 1. The van der Waals surface area contributed by atoms with Crippen LogP contribution in [0.2, 0.25) is 0 Å². The normalized spacial score (nSPS) is 12.1. The van der Waals surface area contributed by atoms with Gasteiger partial charge in [0, 0.05) is 12.3 Å². The minimum absolute atomic E-state index is 0.0137. The molecule has 0 saturated heterocycles. The van der Waals surface area contributed by atoms with Gasteiger partial charge in [0.05, 0.1) is 15.9 Å². The number of nitrogens with one attached hydrogen (secondary N) is 2. The summed E-state index contributed by atoms with van der Waals surface area (Å²) in [5, 5.41) is 27.9. The third kappa shape index (κ3) is 4.31. The van der Waals surface area contributed by atoms with Crippen molar-refractivity contribution < 1.29 is 14.6 Å². The van der Waals surface area contributed by atoms with E-state index in [0.717, 1.165) is 12.1 Å². The third-order valence-electron chi connectivity index (χ3n) is 2.55. The number of rotatable bonds is 7. The Labute approximate surface area is 119 Å². The number of hydrogen-bond donors (Lipinski definition) is 2. The number of nitro benzene ring substituents is 2. The summed E-state index contributed by atoms with van der Waals surface area (Å²) < 4.78 is 0. The van der Waals surface area contributed by atoms with Crippen molar-refractivity contribution >= 4 is 29.1 Å². The zero-order valence-electron chi connectivity index (χ0n) is 11.3. The van der Waals surface area contributed by atoms with Crippen LogP contribution in [0, 0.1) is 20.2 Å². The van der Waals surface area contributed by atoms with Gasteiger partial charge in [0.15, 0.2) is 5.78 Å². The number of non-ortho nitro benzene ring substituents is 1. The zero-order valence-corrected chi connectivity index (χ0v) is 11.3. The average molecular weight is 295 g/mol. The first-order chi connectivity index (χ1) is 9.86. The molecule has 1 aromatic rings. The standard InChI is InChI=1S/C11H13N5O5/c1-7(17)10(12-2)6-13-14-9-4-3-8(15(18)19)5-11(9)16(20)21/h3-6,10,12,14H,1-2H3/b13-6-/t10-/m1/s1. The van der Waals surface area contributed by atoms with Crippen LogP contribution >= 0.6 is 0 Å². The molecule has 112 valence electrons. The lowest BCUT2D eigenvalue weighted by atomic mass is 10.2. The van der Waals surface area contributed by atoms with Crippen LogP contribution in [0.1, 0.15) is 6.92 Å². The Hall–Kier alpha value is -2.88. The minimum atomic E-state index is -0.759. The van der Waals surface area contributed by atoms with Gasteiger partial charge in [-0.3, -0.25) is 30.4 Å². The maximum atomic E-state index is 11.1. The van der Waals surface area contributed by atoms with Gasteiger partial charge in [-0.25, -0.2) is 0 Å². The molecule has 0 unspecified atom stereocenters. The second-order valence-corrected chi connectivity index (χ2v) is 3.98. The zero-order chi connectivity index (χ0) is 16.0. The molecule has 0 aliphatic heterocycles. The molecule has 0 aromatic heterocycles. The highest BCUT2D eigenvalue weighted by Crippen LogP contribution is 2.28. The van der Waals surface area contributed by atoms with Crippen LogP contribution in [0.15, 0.2) is 23.3 Å². The Morgan fingerprint density at radius 1 is 1.33 bits per heavy atom. The molecule has 2 N–H and O–H groups in total. The molecular weight excluding hydrogens is 282 g/mol. The molecule has 0 amide bonds. The number of anilines is 1. The van der Waals surface area contributed by atoms with Crippen LogP contribution in [0.25, 0.3) is 0 Å². The summed E-state index contributed by atoms with van der Waals surface area (Å²) in [5.41, 5.74) is 1.50. The summed E-state index contributed by atoms with van der Waals surface area (Å²) in [6, 6.07) is 2.49. The molecule has 1 aromatic carbocycles. The van der Waals surface area contributed by atoms with Crippen molar-refractivity contribution in [1.82, 2.24) is 5.32 Å². The lowest BCUT2D eigenvalue weighted by molar-refractivity contribution is -0.393. The maximum absolute atomic E-state index is 11.1. The average Bonchev–Trinajstić information content (AvgIpc) is 2.42. The van der Waals surface area contributed by atoms with Crippen molar-refractivity contribution in [3.8, 4) is 0 Å². The summed E-state index contributed by atoms with van der Waals surface area (Å²) in [6.45, 7) is 1.36. The summed E-state index contributed by atoms with van der Waals surface area (Å²) >= 11 is 0. The van der Waals surface area contributed by atoms with Crippen LogP contribution < -0.4 is 10.7 Å². The number of hydrazone groups is 1. The molecule has 1 atom stereocenters. The number of benzene rings is 1. The Morgan fingerprint density at radius 2 is 2.00 bits per heavy atom. The third-order valence-corrected chi connectivity index (χ3v) is 2.55.